The van der Waals surface area contributed by atoms with Crippen molar-refractivity contribution in [1.29, 1.82) is 0 Å². The van der Waals surface area contributed by atoms with Gasteiger partial charge in [-0.05, 0) is 61.8 Å². The van der Waals surface area contributed by atoms with Crippen LogP contribution in [-0.2, 0) is 0 Å². The predicted octanol–water partition coefficient (Wildman–Crippen LogP) is 4.99. The van der Waals surface area contributed by atoms with Crippen LogP contribution in [0.5, 0.6) is 0 Å². The highest BCUT2D eigenvalue weighted by Crippen LogP contribution is 2.29. The van der Waals surface area contributed by atoms with Crippen molar-refractivity contribution in [2.75, 3.05) is 6.54 Å². The van der Waals surface area contributed by atoms with Gasteiger partial charge in [0.2, 0.25) is 0 Å². The third-order valence-corrected chi connectivity index (χ3v) is 4.09. The summed E-state index contributed by atoms with van der Waals surface area (Å²) in [4.78, 5) is 1.36. The highest BCUT2D eigenvalue weighted by atomic mass is 79.9. The standard InChI is InChI=1S/C15H22BrNS/c1-5-11-17-12(7-6-10-15(2,3)4)13-8-9-14(16)18-13/h8-9,12,17H,5,7,11H2,1-4H3. The van der Waals surface area contributed by atoms with E-state index < -0.39 is 0 Å². The molecule has 0 aliphatic heterocycles. The summed E-state index contributed by atoms with van der Waals surface area (Å²) in [5.41, 5.74) is 0.0886. The highest BCUT2D eigenvalue weighted by Gasteiger charge is 2.12. The molecule has 18 heavy (non-hydrogen) atoms. The van der Waals surface area contributed by atoms with Crippen LogP contribution in [0.1, 0.15) is 51.5 Å². The Labute approximate surface area is 124 Å². The summed E-state index contributed by atoms with van der Waals surface area (Å²) < 4.78 is 1.18. The Kier molecular flexibility index (Phi) is 6.42. The fraction of sp³-hybridized carbons (Fsp3) is 0.600. The van der Waals surface area contributed by atoms with E-state index in [-0.39, 0.29) is 5.41 Å². The number of nitrogens with one attached hydrogen (secondary N) is 1. The maximum Gasteiger partial charge on any atom is 0.0701 e. The minimum Gasteiger partial charge on any atom is -0.308 e. The molecule has 1 N–H and O–H groups in total. The fourth-order valence-corrected chi connectivity index (χ4v) is 3.02. The van der Waals surface area contributed by atoms with Crippen molar-refractivity contribution in [3.63, 3.8) is 0 Å². The molecule has 1 heterocycles. The topological polar surface area (TPSA) is 12.0 Å². The van der Waals surface area contributed by atoms with E-state index in [1.807, 2.05) is 0 Å². The number of thiophene rings is 1. The molecule has 0 saturated heterocycles. The van der Waals surface area contributed by atoms with Crippen LogP contribution in [0.4, 0.5) is 0 Å². The number of hydrogen-bond donors (Lipinski definition) is 1. The van der Waals surface area contributed by atoms with Gasteiger partial charge >= 0.3 is 0 Å². The zero-order chi connectivity index (χ0) is 13.6. The van der Waals surface area contributed by atoms with Crippen molar-refractivity contribution in [3.05, 3.63) is 20.8 Å². The van der Waals surface area contributed by atoms with Crippen LogP contribution in [0.15, 0.2) is 15.9 Å². The summed E-state index contributed by atoms with van der Waals surface area (Å²) in [7, 11) is 0. The lowest BCUT2D eigenvalue weighted by atomic mass is 9.97. The third-order valence-electron chi connectivity index (χ3n) is 2.35. The summed E-state index contributed by atoms with van der Waals surface area (Å²) in [6.45, 7) is 9.68. The average molecular weight is 328 g/mol. The lowest BCUT2D eigenvalue weighted by Crippen LogP contribution is -2.21. The van der Waals surface area contributed by atoms with Crippen molar-refractivity contribution in [1.82, 2.24) is 5.32 Å². The van der Waals surface area contributed by atoms with Crippen LogP contribution < -0.4 is 5.32 Å². The summed E-state index contributed by atoms with van der Waals surface area (Å²) in [6, 6.07) is 4.65. The highest BCUT2D eigenvalue weighted by molar-refractivity contribution is 9.11. The molecule has 0 aliphatic rings. The lowest BCUT2D eigenvalue weighted by Gasteiger charge is -2.14. The molecule has 0 bridgehead atoms. The van der Waals surface area contributed by atoms with Gasteiger partial charge in [0.05, 0.1) is 9.83 Å². The molecule has 0 saturated carbocycles. The lowest BCUT2D eigenvalue weighted by molar-refractivity contribution is 0.544. The van der Waals surface area contributed by atoms with Gasteiger partial charge in [0, 0.05) is 16.7 Å². The molecule has 1 aromatic rings. The molecule has 0 aromatic carbocycles. The van der Waals surface area contributed by atoms with Crippen molar-refractivity contribution in [2.24, 2.45) is 5.41 Å². The molecule has 0 radical (unpaired) electrons. The van der Waals surface area contributed by atoms with Gasteiger partial charge in [0.1, 0.15) is 0 Å². The Balaban J connectivity index is 2.69. The first kappa shape index (κ1) is 15.8. The molecular weight excluding hydrogens is 306 g/mol. The predicted molar refractivity (Wildman–Crippen MR) is 84.9 cm³/mol. The second-order valence-electron chi connectivity index (χ2n) is 5.40. The minimum absolute atomic E-state index is 0.0886. The minimum atomic E-state index is 0.0886. The van der Waals surface area contributed by atoms with Crippen LogP contribution in [0.3, 0.4) is 0 Å². The molecule has 0 spiro atoms. The van der Waals surface area contributed by atoms with Crippen LogP contribution in [0.25, 0.3) is 0 Å². The van der Waals surface area contributed by atoms with E-state index in [9.17, 15) is 0 Å². The van der Waals surface area contributed by atoms with Crippen LogP contribution >= 0.6 is 27.3 Å². The van der Waals surface area contributed by atoms with E-state index in [4.69, 9.17) is 0 Å². The maximum atomic E-state index is 3.57. The van der Waals surface area contributed by atoms with E-state index in [0.29, 0.717) is 6.04 Å². The van der Waals surface area contributed by atoms with Crippen molar-refractivity contribution >= 4 is 27.3 Å². The number of halogens is 1. The Morgan fingerprint density at radius 1 is 1.39 bits per heavy atom. The number of rotatable bonds is 5. The SMILES string of the molecule is CCCNC(CC#CC(C)(C)C)c1ccc(Br)s1. The smallest absolute Gasteiger partial charge is 0.0701 e. The molecule has 1 nitrogen and oxygen atoms in total. The molecular formula is C15H22BrNS. The third kappa shape index (κ3) is 6.04. The zero-order valence-electron chi connectivity index (χ0n) is 11.6. The maximum absolute atomic E-state index is 3.57. The molecule has 0 fully saturated rings. The molecule has 1 unspecified atom stereocenters. The second kappa shape index (κ2) is 7.33. The summed E-state index contributed by atoms with van der Waals surface area (Å²) in [5.74, 6) is 6.63. The Morgan fingerprint density at radius 2 is 2.11 bits per heavy atom. The first-order chi connectivity index (χ1) is 8.42. The van der Waals surface area contributed by atoms with Crippen molar-refractivity contribution in [3.8, 4) is 11.8 Å². The van der Waals surface area contributed by atoms with Gasteiger partial charge in [-0.1, -0.05) is 12.8 Å². The zero-order valence-corrected chi connectivity index (χ0v) is 14.0. The average Bonchev–Trinajstić information content (AvgIpc) is 2.68. The first-order valence-electron chi connectivity index (χ1n) is 6.41. The summed E-state index contributed by atoms with van der Waals surface area (Å²) >= 11 is 5.31. The normalized spacial score (nSPS) is 12.9. The van der Waals surface area contributed by atoms with E-state index in [1.165, 1.54) is 8.66 Å². The van der Waals surface area contributed by atoms with Gasteiger partial charge in [0.15, 0.2) is 0 Å². The molecule has 3 heteroatoms. The molecule has 1 atom stereocenters. The second-order valence-corrected chi connectivity index (χ2v) is 7.90. The fourth-order valence-electron chi connectivity index (χ4n) is 1.53. The van der Waals surface area contributed by atoms with Gasteiger partial charge in [-0.3, -0.25) is 0 Å². The Bertz CT molecular complexity index is 420. The van der Waals surface area contributed by atoms with Crippen molar-refractivity contribution < 1.29 is 0 Å². The Morgan fingerprint density at radius 3 is 2.61 bits per heavy atom. The quantitative estimate of drug-likeness (QED) is 0.751. The van der Waals surface area contributed by atoms with Gasteiger partial charge in [-0.25, -0.2) is 0 Å². The van der Waals surface area contributed by atoms with Gasteiger partial charge in [0.25, 0.3) is 0 Å². The van der Waals surface area contributed by atoms with Gasteiger partial charge in [-0.15, -0.1) is 17.3 Å². The van der Waals surface area contributed by atoms with Crippen LogP contribution in [-0.4, -0.2) is 6.54 Å². The van der Waals surface area contributed by atoms with Crippen LogP contribution in [0, 0.1) is 17.3 Å². The molecule has 0 aliphatic carbocycles. The monoisotopic (exact) mass is 327 g/mol. The largest absolute Gasteiger partial charge is 0.308 e. The first-order valence-corrected chi connectivity index (χ1v) is 8.02. The van der Waals surface area contributed by atoms with Crippen molar-refractivity contribution in [2.45, 2.75) is 46.6 Å². The van der Waals surface area contributed by atoms with Gasteiger partial charge < -0.3 is 5.32 Å². The summed E-state index contributed by atoms with van der Waals surface area (Å²) in [5, 5.41) is 3.57. The molecule has 100 valence electrons. The molecule has 1 rings (SSSR count). The van der Waals surface area contributed by atoms with Gasteiger partial charge in [-0.2, -0.15) is 0 Å². The number of hydrogen-bond acceptors (Lipinski definition) is 2. The van der Waals surface area contributed by atoms with E-state index in [1.54, 1.807) is 11.3 Å². The van der Waals surface area contributed by atoms with E-state index in [2.05, 4.69) is 72.9 Å². The molecule has 0 amide bonds. The van der Waals surface area contributed by atoms with Crippen LogP contribution in [0.2, 0.25) is 0 Å². The molecule has 1 aromatic heterocycles. The summed E-state index contributed by atoms with van der Waals surface area (Å²) in [6.07, 6.45) is 2.03. The van der Waals surface area contributed by atoms with E-state index in [0.717, 1.165) is 19.4 Å². The van der Waals surface area contributed by atoms with E-state index >= 15 is 0 Å². The Hall–Kier alpha value is -0.300.